The molecule has 1 heterocycles. The van der Waals surface area contributed by atoms with E-state index in [0.29, 0.717) is 13.0 Å². The third-order valence-electron chi connectivity index (χ3n) is 2.60. The quantitative estimate of drug-likeness (QED) is 0.665. The van der Waals surface area contributed by atoms with Crippen LogP contribution < -0.4 is 5.32 Å². The van der Waals surface area contributed by atoms with Crippen LogP contribution in [0, 0.1) is 5.92 Å². The molecule has 1 unspecified atom stereocenters. The molecule has 0 bridgehead atoms. The first-order chi connectivity index (χ1) is 6.20. The van der Waals surface area contributed by atoms with E-state index < -0.39 is 0 Å². The van der Waals surface area contributed by atoms with E-state index in [1.165, 1.54) is 0 Å². The molecule has 1 aliphatic heterocycles. The summed E-state index contributed by atoms with van der Waals surface area (Å²) in [5.41, 5.74) is 0. The van der Waals surface area contributed by atoms with Crippen molar-refractivity contribution in [3.8, 4) is 0 Å². The maximum Gasteiger partial charge on any atom is 0.219 e. The lowest BCUT2D eigenvalue weighted by molar-refractivity contribution is -0.122. The van der Waals surface area contributed by atoms with E-state index in [9.17, 15) is 9.59 Å². The molecule has 3 heteroatoms. The van der Waals surface area contributed by atoms with Crippen LogP contribution in [0.15, 0.2) is 0 Å². The molecule has 0 spiro atoms. The molecule has 0 saturated carbocycles. The van der Waals surface area contributed by atoms with Crippen molar-refractivity contribution in [1.82, 2.24) is 5.32 Å². The summed E-state index contributed by atoms with van der Waals surface area (Å²) in [6.45, 7) is 2.30. The fraction of sp³-hybridized carbons (Fsp3) is 0.800. The second kappa shape index (κ2) is 5.00. The van der Waals surface area contributed by atoms with E-state index in [1.807, 2.05) is 0 Å². The molecule has 1 aliphatic rings. The van der Waals surface area contributed by atoms with E-state index in [-0.39, 0.29) is 17.6 Å². The number of nitrogens with one attached hydrogen (secondary N) is 1. The number of Topliss-reactive ketones (excluding diaryl/α,β-unsaturated/α-hetero) is 1. The second-order valence-electron chi connectivity index (χ2n) is 3.69. The average molecular weight is 183 g/mol. The van der Waals surface area contributed by atoms with Crippen LogP contribution in [0.3, 0.4) is 0 Å². The fourth-order valence-electron chi connectivity index (χ4n) is 1.70. The maximum absolute atomic E-state index is 11.1. The van der Waals surface area contributed by atoms with Crippen LogP contribution >= 0.6 is 0 Å². The number of carbonyl (C=O) groups excluding carboxylic acids is 2. The zero-order valence-corrected chi connectivity index (χ0v) is 8.14. The van der Waals surface area contributed by atoms with Gasteiger partial charge in [0.2, 0.25) is 5.91 Å². The van der Waals surface area contributed by atoms with E-state index in [1.54, 1.807) is 6.92 Å². The van der Waals surface area contributed by atoms with Gasteiger partial charge in [0.05, 0.1) is 0 Å². The van der Waals surface area contributed by atoms with Crippen molar-refractivity contribution >= 4 is 11.7 Å². The van der Waals surface area contributed by atoms with Gasteiger partial charge in [-0.25, -0.2) is 0 Å². The van der Waals surface area contributed by atoms with Crippen molar-refractivity contribution in [2.75, 3.05) is 6.54 Å². The lowest BCUT2D eigenvalue weighted by Gasteiger charge is -2.11. The van der Waals surface area contributed by atoms with E-state index in [4.69, 9.17) is 0 Å². The summed E-state index contributed by atoms with van der Waals surface area (Å²) in [7, 11) is 0. The van der Waals surface area contributed by atoms with Crippen molar-refractivity contribution < 1.29 is 9.59 Å². The van der Waals surface area contributed by atoms with E-state index >= 15 is 0 Å². The summed E-state index contributed by atoms with van der Waals surface area (Å²) >= 11 is 0. The van der Waals surface area contributed by atoms with Crippen LogP contribution in [0.25, 0.3) is 0 Å². The lowest BCUT2D eigenvalue weighted by Crippen LogP contribution is -2.25. The minimum absolute atomic E-state index is 0.129. The zero-order chi connectivity index (χ0) is 9.68. The number of ketones is 1. The third kappa shape index (κ3) is 3.57. The Morgan fingerprint density at radius 2 is 2.15 bits per heavy atom. The molecular weight excluding hydrogens is 166 g/mol. The second-order valence-corrected chi connectivity index (χ2v) is 3.69. The Morgan fingerprint density at radius 3 is 2.85 bits per heavy atom. The van der Waals surface area contributed by atoms with Gasteiger partial charge in [-0.15, -0.1) is 0 Å². The molecule has 0 aromatic heterocycles. The standard InChI is InChI=1S/C10H17NO2/c1-8(12)9-4-2-3-5-10(13)11-7-6-9/h9H,2-7H2,1H3,(H,11,13). The van der Waals surface area contributed by atoms with Gasteiger partial charge < -0.3 is 5.32 Å². The topological polar surface area (TPSA) is 46.2 Å². The largest absolute Gasteiger partial charge is 0.356 e. The minimum atomic E-state index is 0.129. The van der Waals surface area contributed by atoms with Gasteiger partial charge in [-0.3, -0.25) is 9.59 Å². The first kappa shape index (κ1) is 10.2. The predicted octanol–water partition coefficient (Wildman–Crippen LogP) is 1.27. The fourth-order valence-corrected chi connectivity index (χ4v) is 1.70. The molecule has 1 fully saturated rings. The van der Waals surface area contributed by atoms with E-state index in [2.05, 4.69) is 5.32 Å². The zero-order valence-electron chi connectivity index (χ0n) is 8.14. The highest BCUT2D eigenvalue weighted by atomic mass is 16.1. The van der Waals surface area contributed by atoms with Crippen LogP contribution in [-0.4, -0.2) is 18.2 Å². The number of amides is 1. The summed E-state index contributed by atoms with van der Waals surface area (Å²) in [5.74, 6) is 0.554. The van der Waals surface area contributed by atoms with Gasteiger partial charge in [0.1, 0.15) is 5.78 Å². The molecule has 74 valence electrons. The molecule has 13 heavy (non-hydrogen) atoms. The molecule has 1 saturated heterocycles. The number of hydrogen-bond acceptors (Lipinski definition) is 2. The van der Waals surface area contributed by atoms with Gasteiger partial charge in [-0.1, -0.05) is 6.42 Å². The highest BCUT2D eigenvalue weighted by Gasteiger charge is 2.15. The molecule has 1 atom stereocenters. The van der Waals surface area contributed by atoms with Crippen molar-refractivity contribution in [2.45, 2.75) is 39.0 Å². The molecule has 0 aromatic carbocycles. The van der Waals surface area contributed by atoms with Crippen LogP contribution in [0.5, 0.6) is 0 Å². The van der Waals surface area contributed by atoms with Crippen molar-refractivity contribution in [2.24, 2.45) is 5.92 Å². The molecule has 1 N–H and O–H groups in total. The maximum atomic E-state index is 11.1. The predicted molar refractivity (Wildman–Crippen MR) is 50.3 cm³/mol. The number of rotatable bonds is 1. The molecule has 0 aliphatic carbocycles. The normalized spacial score (nSPS) is 25.3. The SMILES string of the molecule is CC(=O)C1CCCCC(=O)NCC1. The molecule has 1 amide bonds. The third-order valence-corrected chi connectivity index (χ3v) is 2.60. The Morgan fingerprint density at radius 1 is 1.38 bits per heavy atom. The van der Waals surface area contributed by atoms with E-state index in [0.717, 1.165) is 25.7 Å². The summed E-state index contributed by atoms with van der Waals surface area (Å²) in [5, 5.41) is 2.82. The Labute approximate surface area is 78.9 Å². The van der Waals surface area contributed by atoms with Gasteiger partial charge in [0, 0.05) is 18.9 Å². The monoisotopic (exact) mass is 183 g/mol. The van der Waals surface area contributed by atoms with Gasteiger partial charge in [-0.05, 0) is 26.2 Å². The van der Waals surface area contributed by atoms with Crippen molar-refractivity contribution in [3.63, 3.8) is 0 Å². The Kier molecular flexibility index (Phi) is 3.93. The summed E-state index contributed by atoms with van der Waals surface area (Å²) in [4.78, 5) is 22.2. The van der Waals surface area contributed by atoms with Gasteiger partial charge >= 0.3 is 0 Å². The van der Waals surface area contributed by atoms with Crippen molar-refractivity contribution in [1.29, 1.82) is 0 Å². The Hall–Kier alpha value is -0.860. The Bertz CT molecular complexity index is 201. The van der Waals surface area contributed by atoms with Gasteiger partial charge in [-0.2, -0.15) is 0 Å². The average Bonchev–Trinajstić information content (AvgIpc) is 2.16. The molecule has 3 nitrogen and oxygen atoms in total. The molecule has 0 aromatic rings. The van der Waals surface area contributed by atoms with Crippen LogP contribution in [0.4, 0.5) is 0 Å². The Balaban J connectivity index is 2.43. The van der Waals surface area contributed by atoms with Crippen LogP contribution in [0.1, 0.15) is 39.0 Å². The smallest absolute Gasteiger partial charge is 0.219 e. The van der Waals surface area contributed by atoms with Crippen LogP contribution in [-0.2, 0) is 9.59 Å². The van der Waals surface area contributed by atoms with Gasteiger partial charge in [0.25, 0.3) is 0 Å². The summed E-state index contributed by atoms with van der Waals surface area (Å²) in [6, 6.07) is 0. The highest BCUT2D eigenvalue weighted by Crippen LogP contribution is 2.15. The number of hydrogen-bond donors (Lipinski definition) is 1. The molecule has 1 rings (SSSR count). The molecule has 0 radical (unpaired) electrons. The minimum Gasteiger partial charge on any atom is -0.356 e. The lowest BCUT2D eigenvalue weighted by atomic mass is 9.95. The van der Waals surface area contributed by atoms with Crippen molar-refractivity contribution in [3.05, 3.63) is 0 Å². The summed E-state index contributed by atoms with van der Waals surface area (Å²) < 4.78 is 0. The van der Waals surface area contributed by atoms with Gasteiger partial charge in [0.15, 0.2) is 0 Å². The number of carbonyl (C=O) groups is 2. The highest BCUT2D eigenvalue weighted by molar-refractivity contribution is 5.79. The summed E-state index contributed by atoms with van der Waals surface area (Å²) in [6.07, 6.45) is 4.28. The van der Waals surface area contributed by atoms with Crippen LogP contribution in [0.2, 0.25) is 0 Å². The molecular formula is C10H17NO2. The first-order valence-corrected chi connectivity index (χ1v) is 4.97. The first-order valence-electron chi connectivity index (χ1n) is 4.97.